The molecule has 4 aliphatic heterocycles. The van der Waals surface area contributed by atoms with Crippen LogP contribution in [0.1, 0.15) is 98.8 Å². The number of aliphatic hydroxyl groups is 11. The maximum atomic E-state index is 12.0. The molecule has 8 rings (SSSR count). The molecule has 0 bridgehead atoms. The predicted octanol–water partition coefficient (Wildman–Crippen LogP) is -0.752. The van der Waals surface area contributed by atoms with E-state index >= 15 is 0 Å². The van der Waals surface area contributed by atoms with E-state index in [0.717, 1.165) is 51.4 Å². The molecule has 8 fully saturated rings. The zero-order valence-electron chi connectivity index (χ0n) is 37.3. The van der Waals surface area contributed by atoms with Gasteiger partial charge in [-0.1, -0.05) is 27.7 Å². The van der Waals surface area contributed by atoms with Crippen LogP contribution in [-0.2, 0) is 33.2 Å². The van der Waals surface area contributed by atoms with Gasteiger partial charge in [0.2, 0.25) is 0 Å². The lowest BCUT2D eigenvalue weighted by Gasteiger charge is -2.61. The lowest BCUT2D eigenvalue weighted by atomic mass is 9.44. The lowest BCUT2D eigenvalue weighted by molar-refractivity contribution is -0.361. The van der Waals surface area contributed by atoms with E-state index < -0.39 is 111 Å². The zero-order valence-corrected chi connectivity index (χ0v) is 37.3. The normalized spacial score (nSPS) is 56.3. The first-order chi connectivity index (χ1) is 29.8. The third-order valence-corrected chi connectivity index (χ3v) is 17.9. The fourth-order valence-electron chi connectivity index (χ4n) is 14.1. The van der Waals surface area contributed by atoms with E-state index in [4.69, 9.17) is 33.2 Å². The highest BCUT2D eigenvalue weighted by Gasteiger charge is 2.68. The Hall–Kier alpha value is -0.720. The van der Waals surface area contributed by atoms with E-state index in [-0.39, 0.29) is 47.4 Å². The number of aliphatic hydroxyl groups excluding tert-OH is 10. The van der Waals surface area contributed by atoms with Crippen molar-refractivity contribution in [2.45, 2.75) is 209 Å². The Morgan fingerprint density at radius 2 is 1.29 bits per heavy atom. The molecular weight excluding hydrogens is 828 g/mol. The minimum Gasteiger partial charge on any atom is -0.394 e. The highest BCUT2D eigenvalue weighted by Crippen LogP contribution is 2.71. The van der Waals surface area contributed by atoms with Gasteiger partial charge in [0.15, 0.2) is 24.7 Å². The molecule has 18 nitrogen and oxygen atoms in total. The van der Waals surface area contributed by atoms with Crippen LogP contribution in [0.25, 0.3) is 0 Å². The van der Waals surface area contributed by atoms with Crippen molar-refractivity contribution in [1.82, 2.24) is 0 Å². The van der Waals surface area contributed by atoms with Crippen molar-refractivity contribution in [3.63, 3.8) is 0 Å². The second-order valence-electron chi connectivity index (χ2n) is 21.4. The first-order valence-corrected chi connectivity index (χ1v) is 23.7. The Balaban J connectivity index is 0.836. The monoisotopic (exact) mass is 905 g/mol. The molecule has 4 saturated heterocycles. The highest BCUT2D eigenvalue weighted by molar-refractivity contribution is 5.15. The van der Waals surface area contributed by atoms with Crippen molar-refractivity contribution < 1.29 is 89.3 Å². The van der Waals surface area contributed by atoms with Gasteiger partial charge in [0.1, 0.15) is 67.1 Å². The molecule has 364 valence electrons. The van der Waals surface area contributed by atoms with Gasteiger partial charge in [0.25, 0.3) is 0 Å². The second kappa shape index (κ2) is 18.6. The molecule has 63 heavy (non-hydrogen) atoms. The first-order valence-electron chi connectivity index (χ1n) is 23.7. The van der Waals surface area contributed by atoms with Crippen LogP contribution >= 0.6 is 0 Å². The fourth-order valence-corrected chi connectivity index (χ4v) is 14.1. The molecule has 4 unspecified atom stereocenters. The Morgan fingerprint density at radius 3 is 2.00 bits per heavy atom. The van der Waals surface area contributed by atoms with E-state index in [1.807, 2.05) is 6.92 Å². The van der Waals surface area contributed by atoms with E-state index in [1.54, 1.807) is 0 Å². The van der Waals surface area contributed by atoms with E-state index in [2.05, 4.69) is 20.8 Å². The molecule has 4 heterocycles. The summed E-state index contributed by atoms with van der Waals surface area (Å²) in [4.78, 5) is 0. The quantitative estimate of drug-likeness (QED) is 0.107. The summed E-state index contributed by atoms with van der Waals surface area (Å²) in [6.45, 7) is 9.55. The van der Waals surface area contributed by atoms with Crippen LogP contribution in [0.3, 0.4) is 0 Å². The maximum Gasteiger partial charge on any atom is 0.187 e. The molecule has 4 saturated carbocycles. The summed E-state index contributed by atoms with van der Waals surface area (Å²) in [6, 6.07) is 0. The smallest absolute Gasteiger partial charge is 0.187 e. The molecule has 27 atom stereocenters. The first kappa shape index (κ1) is 48.7. The van der Waals surface area contributed by atoms with Gasteiger partial charge in [-0.15, -0.1) is 0 Å². The number of hydrogen-bond donors (Lipinski definition) is 11. The Bertz CT molecular complexity index is 1540. The third kappa shape index (κ3) is 8.60. The Morgan fingerprint density at radius 1 is 0.651 bits per heavy atom. The number of fused-ring (bicyclic) bond motifs is 7. The standard InChI is InChI=1S/C45H76O18/c1-19(18-57-40-36(53)34(51)32(49)28(16-46)60-40)8-13-45(56)20(2)30-27(63-45)15-26-24-7-6-22-14-23(9-11-43(22,4)25(24)10-12-44(26,30)5)59-42-38(55)35(52)39(29(17-47)61-42)62-41-37(54)33(50)31(48)21(3)58-41/h19-42,46-56H,6-18H2,1-5H3/t19?,20-,21-,22?,23-,24+,25-,26-,27?,28+,29+,30?,31-,32+,33+,34-,35+,36+,37+,38+,39+,40+,41-,42+,43-,44-,45+/m0/s1. The predicted molar refractivity (Wildman–Crippen MR) is 218 cm³/mol. The van der Waals surface area contributed by atoms with Gasteiger partial charge in [-0.05, 0) is 111 Å². The van der Waals surface area contributed by atoms with Crippen molar-refractivity contribution in [3.05, 3.63) is 0 Å². The van der Waals surface area contributed by atoms with Crippen molar-refractivity contribution in [2.24, 2.45) is 52.3 Å². The molecule has 0 spiro atoms. The Labute approximate surface area is 369 Å². The zero-order chi connectivity index (χ0) is 45.5. The molecular formula is C45H76O18. The maximum absolute atomic E-state index is 12.0. The third-order valence-electron chi connectivity index (χ3n) is 17.9. The number of rotatable bonds is 12. The number of hydrogen-bond acceptors (Lipinski definition) is 18. The molecule has 4 aliphatic carbocycles. The van der Waals surface area contributed by atoms with Gasteiger partial charge in [0, 0.05) is 12.3 Å². The summed E-state index contributed by atoms with van der Waals surface area (Å²) in [5, 5.41) is 116. The summed E-state index contributed by atoms with van der Waals surface area (Å²) in [5.41, 5.74) is 0.120. The van der Waals surface area contributed by atoms with E-state index in [0.29, 0.717) is 36.5 Å². The highest BCUT2D eigenvalue weighted by atomic mass is 16.7. The minimum atomic E-state index is -1.64. The van der Waals surface area contributed by atoms with Crippen LogP contribution in [0.2, 0.25) is 0 Å². The minimum absolute atomic E-state index is 0.0255. The molecule has 11 N–H and O–H groups in total. The van der Waals surface area contributed by atoms with Gasteiger partial charge in [-0.2, -0.15) is 0 Å². The van der Waals surface area contributed by atoms with Gasteiger partial charge in [0.05, 0.1) is 38.1 Å². The summed E-state index contributed by atoms with van der Waals surface area (Å²) in [7, 11) is 0. The van der Waals surface area contributed by atoms with Crippen molar-refractivity contribution >= 4 is 0 Å². The van der Waals surface area contributed by atoms with Crippen molar-refractivity contribution in [1.29, 1.82) is 0 Å². The molecule has 8 aliphatic rings. The summed E-state index contributed by atoms with van der Waals surface area (Å²) >= 11 is 0. The van der Waals surface area contributed by atoms with Crippen LogP contribution in [0.5, 0.6) is 0 Å². The van der Waals surface area contributed by atoms with Crippen LogP contribution in [0, 0.1) is 52.3 Å². The molecule has 0 amide bonds. The molecule has 0 radical (unpaired) electrons. The molecule has 0 aromatic heterocycles. The van der Waals surface area contributed by atoms with Gasteiger partial charge >= 0.3 is 0 Å². The average Bonchev–Trinajstić information content (AvgIpc) is 3.70. The second-order valence-corrected chi connectivity index (χ2v) is 21.4. The summed E-state index contributed by atoms with van der Waals surface area (Å²) < 4.78 is 41.7. The van der Waals surface area contributed by atoms with Crippen LogP contribution in [0.4, 0.5) is 0 Å². The van der Waals surface area contributed by atoms with Crippen LogP contribution in [-0.4, -0.2) is 186 Å². The SMILES string of the molecule is CC(CC[C@@]1(O)OC2C[C@H]3[C@@H]4CCC5C[C@@H](O[C@@H]6O[C@H](CO)[C@@H](O[C@@H]7O[C@@H](C)[C@H](O)[C@@H](O)[C@H]7O)[C@H](O)[C@H]6O)CC[C@]5(C)[C@H]4CC[C@]3(C)C2[C@@H]1C)CO[C@@H]1O[C@H](CO)[C@@H](O)[C@H](O)[C@H]1O. The van der Waals surface area contributed by atoms with Crippen LogP contribution < -0.4 is 0 Å². The van der Waals surface area contributed by atoms with Crippen LogP contribution in [0.15, 0.2) is 0 Å². The van der Waals surface area contributed by atoms with Gasteiger partial charge < -0.3 is 89.3 Å². The average molecular weight is 905 g/mol. The summed E-state index contributed by atoms with van der Waals surface area (Å²) in [5.74, 6) is 0.753. The van der Waals surface area contributed by atoms with Gasteiger partial charge in [-0.3, -0.25) is 0 Å². The number of ether oxygens (including phenoxy) is 7. The van der Waals surface area contributed by atoms with E-state index in [1.165, 1.54) is 6.92 Å². The Kier molecular flexibility index (Phi) is 14.4. The largest absolute Gasteiger partial charge is 0.394 e. The molecule has 18 heteroatoms. The molecule has 0 aromatic rings. The fraction of sp³-hybridized carbons (Fsp3) is 1.00. The topological polar surface area (TPSA) is 287 Å². The van der Waals surface area contributed by atoms with Crippen molar-refractivity contribution in [3.8, 4) is 0 Å². The summed E-state index contributed by atoms with van der Waals surface area (Å²) in [6.07, 6.45) is -11.9. The molecule has 0 aromatic carbocycles. The van der Waals surface area contributed by atoms with Crippen molar-refractivity contribution in [2.75, 3.05) is 19.8 Å². The lowest BCUT2D eigenvalue weighted by Crippen LogP contribution is -2.64. The van der Waals surface area contributed by atoms with Gasteiger partial charge in [-0.25, -0.2) is 0 Å². The van der Waals surface area contributed by atoms with E-state index in [9.17, 15) is 56.2 Å².